The van der Waals surface area contributed by atoms with E-state index in [9.17, 15) is 4.79 Å². The lowest BCUT2D eigenvalue weighted by molar-refractivity contribution is 0.236. The van der Waals surface area contributed by atoms with Crippen molar-refractivity contribution in [2.24, 2.45) is 5.92 Å². The molecule has 0 spiro atoms. The molecule has 4 aromatic rings. The first kappa shape index (κ1) is 30.5. The van der Waals surface area contributed by atoms with Crippen molar-refractivity contribution in [3.8, 4) is 0 Å². The summed E-state index contributed by atoms with van der Waals surface area (Å²) in [6.45, 7) is 16.9. The second-order valence-electron chi connectivity index (χ2n) is 16.1. The Kier molecular flexibility index (Phi) is 7.47. The molecule has 0 N–H and O–H groups in total. The maximum absolute atomic E-state index is 12.7. The van der Waals surface area contributed by atoms with Crippen LogP contribution in [0.2, 0.25) is 18.6 Å². The Morgan fingerprint density at radius 2 is 1.51 bits per heavy atom. The molecule has 2 heterocycles. The van der Waals surface area contributed by atoms with Crippen LogP contribution in [0.1, 0.15) is 108 Å². The fraction of sp³-hybridized carbons (Fsp3) is 0.488. The van der Waals surface area contributed by atoms with Gasteiger partial charge in [-0.3, -0.25) is 0 Å². The van der Waals surface area contributed by atoms with Gasteiger partial charge in [0.2, 0.25) is 0 Å². The van der Waals surface area contributed by atoms with Crippen LogP contribution in [0.15, 0.2) is 69.9 Å². The van der Waals surface area contributed by atoms with Gasteiger partial charge in [0.25, 0.3) is 0 Å². The topological polar surface area (TPSA) is 33.5 Å². The van der Waals surface area contributed by atoms with Crippen LogP contribution < -0.4 is 15.7 Å². The molecule has 2 fully saturated rings. The van der Waals surface area contributed by atoms with Crippen LogP contribution in [0.25, 0.3) is 10.8 Å². The molecule has 1 aliphatic heterocycles. The molecule has 4 heteroatoms. The molecule has 7 rings (SSSR count). The molecule has 2 saturated carbocycles. The Morgan fingerprint density at radius 3 is 2.24 bits per heavy atom. The highest BCUT2D eigenvalue weighted by molar-refractivity contribution is 6.91. The summed E-state index contributed by atoms with van der Waals surface area (Å²) in [7, 11) is -1.63. The summed E-state index contributed by atoms with van der Waals surface area (Å²) in [6, 6.07) is 23.1. The number of hydrogen-bond acceptors (Lipinski definition) is 3. The molecule has 0 atom stereocenters. The number of nitrogens with zero attached hydrogens (tertiary/aromatic N) is 1. The number of hydrogen-bond donors (Lipinski definition) is 0. The van der Waals surface area contributed by atoms with Crippen LogP contribution in [0.4, 0.5) is 17.1 Å². The zero-order valence-electron chi connectivity index (χ0n) is 28.6. The van der Waals surface area contributed by atoms with Gasteiger partial charge in [-0.1, -0.05) is 115 Å². The second kappa shape index (κ2) is 11.0. The first-order chi connectivity index (χ1) is 21.4. The van der Waals surface area contributed by atoms with E-state index in [-0.39, 0.29) is 16.5 Å². The maximum atomic E-state index is 12.7. The van der Waals surface area contributed by atoms with Crippen LogP contribution in [0, 0.1) is 12.8 Å². The molecular formula is C41H51NO2Si. The summed E-state index contributed by atoms with van der Waals surface area (Å²) in [6.07, 6.45) is 12.2. The van der Waals surface area contributed by atoms with Crippen molar-refractivity contribution in [3.05, 3.63) is 93.5 Å². The van der Waals surface area contributed by atoms with E-state index in [4.69, 9.17) is 4.42 Å². The highest BCUT2D eigenvalue weighted by atomic mass is 28.3. The molecule has 3 aliphatic rings. The summed E-state index contributed by atoms with van der Waals surface area (Å²) in [4.78, 5) is 15.2. The number of benzene rings is 3. The fourth-order valence-corrected chi connectivity index (χ4v) is 12.6. The quantitative estimate of drug-likeness (QED) is 0.209. The smallest absolute Gasteiger partial charge is 0.343 e. The van der Waals surface area contributed by atoms with Gasteiger partial charge in [0.15, 0.2) is 0 Å². The SMILES string of the molecule is Cc1cc2cc(N3c4cc(C(C)(C)C5CCCCC5)ccc4C(C)(C)c4cc([Si](C)(C)C5CCCC5)ccc43)ccc2c(=O)o1. The van der Waals surface area contributed by atoms with E-state index >= 15 is 0 Å². The van der Waals surface area contributed by atoms with E-state index in [1.165, 1.54) is 85.9 Å². The molecule has 236 valence electrons. The standard InChI is InChI=1S/C41H51NO2Si/c1-27-23-28-24-31(18-20-34(28)39(43)44-27)42-37-22-19-33(45(6,7)32-15-11-12-16-32)26-36(37)41(4,5)35-21-17-30(25-38(35)42)40(2,3)29-13-9-8-10-14-29/h17-26,29,32H,8-16H2,1-7H3. The Balaban J connectivity index is 1.43. The summed E-state index contributed by atoms with van der Waals surface area (Å²) in [5.41, 5.74) is 8.41. The van der Waals surface area contributed by atoms with Gasteiger partial charge in [0.05, 0.1) is 24.8 Å². The Morgan fingerprint density at radius 1 is 0.800 bits per heavy atom. The monoisotopic (exact) mass is 617 g/mol. The van der Waals surface area contributed by atoms with Crippen molar-refractivity contribution in [1.29, 1.82) is 0 Å². The minimum absolute atomic E-state index is 0.103. The van der Waals surface area contributed by atoms with Gasteiger partial charge in [-0.15, -0.1) is 0 Å². The summed E-state index contributed by atoms with van der Waals surface area (Å²) >= 11 is 0. The zero-order valence-corrected chi connectivity index (χ0v) is 29.6. The minimum Gasteiger partial charge on any atom is -0.428 e. The molecule has 0 unspecified atom stereocenters. The third kappa shape index (κ3) is 5.03. The van der Waals surface area contributed by atoms with E-state index in [2.05, 4.69) is 94.2 Å². The molecular weight excluding hydrogens is 567 g/mol. The lowest BCUT2D eigenvalue weighted by atomic mass is 9.66. The van der Waals surface area contributed by atoms with E-state index in [1.807, 2.05) is 19.1 Å². The molecule has 0 saturated heterocycles. The average molecular weight is 618 g/mol. The van der Waals surface area contributed by atoms with Crippen molar-refractivity contribution in [2.45, 2.75) is 122 Å². The predicted molar refractivity (Wildman–Crippen MR) is 193 cm³/mol. The summed E-state index contributed by atoms with van der Waals surface area (Å²) in [5.74, 6) is 1.35. The van der Waals surface area contributed by atoms with Crippen LogP contribution in [0.5, 0.6) is 0 Å². The molecule has 2 aliphatic carbocycles. The number of anilines is 3. The number of rotatable bonds is 5. The lowest BCUT2D eigenvalue weighted by Gasteiger charge is -2.44. The van der Waals surface area contributed by atoms with Crippen molar-refractivity contribution < 1.29 is 4.42 Å². The first-order valence-electron chi connectivity index (χ1n) is 17.5. The second-order valence-corrected chi connectivity index (χ2v) is 20.9. The van der Waals surface area contributed by atoms with Gasteiger partial charge >= 0.3 is 5.63 Å². The zero-order chi connectivity index (χ0) is 31.7. The maximum Gasteiger partial charge on any atom is 0.343 e. The predicted octanol–water partition coefficient (Wildman–Crippen LogP) is 10.9. The van der Waals surface area contributed by atoms with E-state index in [0.29, 0.717) is 17.1 Å². The third-order valence-corrected chi connectivity index (χ3v) is 16.9. The fourth-order valence-electron chi connectivity index (χ4n) is 9.22. The average Bonchev–Trinajstić information content (AvgIpc) is 3.57. The summed E-state index contributed by atoms with van der Waals surface area (Å²) in [5, 5.41) is 3.15. The molecule has 3 nitrogen and oxygen atoms in total. The van der Waals surface area contributed by atoms with E-state index in [0.717, 1.165) is 16.6 Å². The molecule has 3 aromatic carbocycles. The van der Waals surface area contributed by atoms with Crippen molar-refractivity contribution in [2.75, 3.05) is 4.90 Å². The largest absolute Gasteiger partial charge is 0.428 e. The van der Waals surface area contributed by atoms with Gasteiger partial charge in [0, 0.05) is 11.1 Å². The number of fused-ring (bicyclic) bond motifs is 3. The Hall–Kier alpha value is -3.11. The minimum atomic E-state index is -1.63. The molecule has 45 heavy (non-hydrogen) atoms. The van der Waals surface area contributed by atoms with Gasteiger partial charge < -0.3 is 9.32 Å². The van der Waals surface area contributed by atoms with E-state index < -0.39 is 8.07 Å². The van der Waals surface area contributed by atoms with Gasteiger partial charge in [-0.05, 0) is 95.1 Å². The van der Waals surface area contributed by atoms with Crippen LogP contribution in [0.3, 0.4) is 0 Å². The molecule has 0 bridgehead atoms. The normalized spacial score (nSPS) is 19.1. The molecule has 0 amide bonds. The highest BCUT2D eigenvalue weighted by Gasteiger charge is 2.42. The Labute approximate surface area is 271 Å². The van der Waals surface area contributed by atoms with Crippen LogP contribution in [-0.4, -0.2) is 8.07 Å². The van der Waals surface area contributed by atoms with Gasteiger partial charge in [0.1, 0.15) is 5.76 Å². The van der Waals surface area contributed by atoms with Crippen LogP contribution >= 0.6 is 0 Å². The van der Waals surface area contributed by atoms with E-state index in [1.54, 1.807) is 5.19 Å². The highest BCUT2D eigenvalue weighted by Crippen LogP contribution is 2.54. The summed E-state index contributed by atoms with van der Waals surface area (Å²) < 4.78 is 5.45. The first-order valence-corrected chi connectivity index (χ1v) is 20.6. The van der Waals surface area contributed by atoms with Crippen molar-refractivity contribution >= 4 is 41.1 Å². The van der Waals surface area contributed by atoms with Gasteiger partial charge in [-0.25, -0.2) is 4.79 Å². The van der Waals surface area contributed by atoms with Crippen molar-refractivity contribution in [1.82, 2.24) is 0 Å². The molecule has 1 aromatic heterocycles. The Bertz CT molecular complexity index is 1820. The third-order valence-electron chi connectivity index (χ3n) is 12.4. The van der Waals surface area contributed by atoms with Crippen LogP contribution in [-0.2, 0) is 10.8 Å². The lowest BCUT2D eigenvalue weighted by Crippen LogP contribution is -2.46. The number of aryl methyl sites for hydroxylation is 1. The molecule has 0 radical (unpaired) electrons. The van der Waals surface area contributed by atoms with Crippen molar-refractivity contribution in [3.63, 3.8) is 0 Å². The van der Waals surface area contributed by atoms with Gasteiger partial charge in [-0.2, -0.15) is 0 Å².